The lowest BCUT2D eigenvalue weighted by molar-refractivity contribution is -0.155. The fraction of sp³-hybridized carbons (Fsp3) is 0.474. The molecule has 26 heavy (non-hydrogen) atoms. The largest absolute Gasteiger partial charge is 0.508 e. The van der Waals surface area contributed by atoms with E-state index in [2.05, 4.69) is 10.3 Å². The van der Waals surface area contributed by atoms with Crippen molar-refractivity contribution >= 4 is 22.8 Å². The lowest BCUT2D eigenvalue weighted by Crippen LogP contribution is -2.42. The first-order chi connectivity index (χ1) is 12.2. The molecule has 0 radical (unpaired) electrons. The Morgan fingerprint density at radius 1 is 1.35 bits per heavy atom. The van der Waals surface area contributed by atoms with Gasteiger partial charge in [-0.25, -0.2) is 0 Å². The fourth-order valence-corrected chi connectivity index (χ4v) is 2.63. The molecule has 1 amide bonds. The van der Waals surface area contributed by atoms with Gasteiger partial charge in [0.25, 0.3) is 0 Å². The zero-order valence-electron chi connectivity index (χ0n) is 15.5. The molecule has 1 heterocycles. The van der Waals surface area contributed by atoms with Gasteiger partial charge in [0, 0.05) is 30.1 Å². The SMILES string of the molecule is CC(C)(C)OC(=O)CCCNC(=O)[C@@H](N)Cc1c[nH]c2ccc(O)cc12. The number of aromatic nitrogens is 1. The lowest BCUT2D eigenvalue weighted by atomic mass is 10.0. The number of aromatic hydroxyl groups is 1. The van der Waals surface area contributed by atoms with Crippen molar-refractivity contribution in [3.05, 3.63) is 30.0 Å². The number of benzene rings is 1. The summed E-state index contributed by atoms with van der Waals surface area (Å²) in [5.74, 6) is -0.392. The smallest absolute Gasteiger partial charge is 0.306 e. The maximum Gasteiger partial charge on any atom is 0.306 e. The van der Waals surface area contributed by atoms with E-state index in [1.165, 1.54) is 0 Å². The van der Waals surface area contributed by atoms with Gasteiger partial charge >= 0.3 is 5.97 Å². The van der Waals surface area contributed by atoms with Gasteiger partial charge in [-0.3, -0.25) is 9.59 Å². The summed E-state index contributed by atoms with van der Waals surface area (Å²) in [6.45, 7) is 5.81. The first kappa shape index (κ1) is 19.8. The zero-order chi connectivity index (χ0) is 19.3. The molecule has 0 saturated carbocycles. The van der Waals surface area contributed by atoms with E-state index >= 15 is 0 Å². The van der Waals surface area contributed by atoms with Crippen LogP contribution >= 0.6 is 0 Å². The van der Waals surface area contributed by atoms with E-state index in [0.29, 0.717) is 19.4 Å². The topological polar surface area (TPSA) is 117 Å². The van der Waals surface area contributed by atoms with Crippen LogP contribution in [-0.2, 0) is 20.7 Å². The maximum atomic E-state index is 12.1. The van der Waals surface area contributed by atoms with Crippen molar-refractivity contribution in [2.75, 3.05) is 6.54 Å². The van der Waals surface area contributed by atoms with Gasteiger partial charge in [-0.2, -0.15) is 0 Å². The molecule has 7 nitrogen and oxygen atoms in total. The maximum absolute atomic E-state index is 12.1. The second-order valence-corrected chi connectivity index (χ2v) is 7.34. The minimum Gasteiger partial charge on any atom is -0.508 e. The van der Waals surface area contributed by atoms with Gasteiger partial charge in [0.05, 0.1) is 6.04 Å². The standard InChI is InChI=1S/C19H27N3O4/c1-19(2,3)26-17(24)5-4-8-21-18(25)15(20)9-12-11-22-16-7-6-13(23)10-14(12)16/h6-7,10-11,15,22-23H,4-5,8-9,20H2,1-3H3,(H,21,25)/t15-/m0/s1. The molecule has 0 saturated heterocycles. The van der Waals surface area contributed by atoms with E-state index in [0.717, 1.165) is 16.5 Å². The van der Waals surface area contributed by atoms with Crippen LogP contribution < -0.4 is 11.1 Å². The van der Waals surface area contributed by atoms with Crippen LogP contribution in [0, 0.1) is 0 Å². The number of nitrogens with two attached hydrogens (primary N) is 1. The predicted octanol–water partition coefficient (Wildman–Crippen LogP) is 1.98. The van der Waals surface area contributed by atoms with E-state index in [-0.39, 0.29) is 24.0 Å². The second kappa shape index (κ2) is 8.23. The molecule has 5 N–H and O–H groups in total. The second-order valence-electron chi connectivity index (χ2n) is 7.34. The van der Waals surface area contributed by atoms with Crippen molar-refractivity contribution in [2.24, 2.45) is 5.73 Å². The summed E-state index contributed by atoms with van der Waals surface area (Å²) in [6.07, 6.45) is 2.88. The summed E-state index contributed by atoms with van der Waals surface area (Å²) in [4.78, 5) is 26.8. The third-order valence-electron chi connectivity index (χ3n) is 3.80. The lowest BCUT2D eigenvalue weighted by Gasteiger charge is -2.19. The Balaban J connectivity index is 1.79. The number of hydrogen-bond acceptors (Lipinski definition) is 5. The number of rotatable bonds is 7. The molecule has 0 fully saturated rings. The van der Waals surface area contributed by atoms with Crippen molar-refractivity contribution in [3.8, 4) is 5.75 Å². The number of carbonyl (C=O) groups is 2. The Morgan fingerprint density at radius 3 is 2.77 bits per heavy atom. The third kappa shape index (κ3) is 5.77. The van der Waals surface area contributed by atoms with Crippen LogP contribution in [-0.4, -0.2) is 40.2 Å². The number of nitrogens with one attached hydrogen (secondary N) is 2. The van der Waals surface area contributed by atoms with E-state index < -0.39 is 11.6 Å². The molecule has 1 atom stereocenters. The van der Waals surface area contributed by atoms with Crippen LogP contribution in [0.25, 0.3) is 10.9 Å². The molecule has 0 aliphatic heterocycles. The van der Waals surface area contributed by atoms with Gasteiger partial charge in [0.15, 0.2) is 0 Å². The Hall–Kier alpha value is -2.54. The van der Waals surface area contributed by atoms with Crippen LogP contribution in [0.5, 0.6) is 5.75 Å². The van der Waals surface area contributed by atoms with Crippen LogP contribution in [0.1, 0.15) is 39.2 Å². The van der Waals surface area contributed by atoms with Crippen LogP contribution in [0.15, 0.2) is 24.4 Å². The van der Waals surface area contributed by atoms with E-state index in [9.17, 15) is 14.7 Å². The van der Waals surface area contributed by atoms with Gasteiger partial charge in [-0.1, -0.05) is 0 Å². The highest BCUT2D eigenvalue weighted by Crippen LogP contribution is 2.23. The summed E-state index contributed by atoms with van der Waals surface area (Å²) in [6, 6.07) is 4.31. The highest BCUT2D eigenvalue weighted by Gasteiger charge is 2.18. The summed E-state index contributed by atoms with van der Waals surface area (Å²) < 4.78 is 5.21. The van der Waals surface area contributed by atoms with Gasteiger partial charge in [0.2, 0.25) is 5.91 Å². The first-order valence-electron chi connectivity index (χ1n) is 8.70. The summed E-state index contributed by atoms with van der Waals surface area (Å²) in [5.41, 5.74) is 7.22. The van der Waals surface area contributed by atoms with Gasteiger partial charge in [-0.05, 0) is 57.4 Å². The van der Waals surface area contributed by atoms with E-state index in [1.54, 1.807) is 24.4 Å². The Labute approximate surface area is 152 Å². The molecule has 0 aliphatic carbocycles. The van der Waals surface area contributed by atoms with Gasteiger partial charge in [0.1, 0.15) is 11.4 Å². The van der Waals surface area contributed by atoms with Crippen LogP contribution in [0.4, 0.5) is 0 Å². The average Bonchev–Trinajstić information content (AvgIpc) is 2.91. The molecule has 2 rings (SSSR count). The summed E-state index contributed by atoms with van der Waals surface area (Å²) in [7, 11) is 0. The third-order valence-corrected chi connectivity index (χ3v) is 3.80. The number of hydrogen-bond donors (Lipinski definition) is 4. The first-order valence-corrected chi connectivity index (χ1v) is 8.70. The molecule has 7 heteroatoms. The van der Waals surface area contributed by atoms with Crippen molar-refractivity contribution in [1.82, 2.24) is 10.3 Å². The molecule has 0 aliphatic rings. The van der Waals surface area contributed by atoms with Crippen LogP contribution in [0.3, 0.4) is 0 Å². The number of ether oxygens (including phenoxy) is 1. The number of carbonyl (C=O) groups excluding carboxylic acids is 2. The van der Waals surface area contributed by atoms with E-state index in [1.807, 2.05) is 20.8 Å². The number of amides is 1. The number of H-pyrrole nitrogens is 1. The monoisotopic (exact) mass is 361 g/mol. The predicted molar refractivity (Wildman–Crippen MR) is 99.7 cm³/mol. The van der Waals surface area contributed by atoms with Gasteiger partial charge < -0.3 is 25.9 Å². The quantitative estimate of drug-likeness (QED) is 0.444. The van der Waals surface area contributed by atoms with E-state index in [4.69, 9.17) is 10.5 Å². The number of phenols is 1. The molecule has 142 valence electrons. The Kier molecular flexibility index (Phi) is 6.26. The van der Waals surface area contributed by atoms with Crippen molar-refractivity contribution < 1.29 is 19.4 Å². The highest BCUT2D eigenvalue weighted by molar-refractivity contribution is 5.87. The molecule has 1 aromatic carbocycles. The van der Waals surface area contributed by atoms with Gasteiger partial charge in [-0.15, -0.1) is 0 Å². The Bertz CT molecular complexity index is 777. The fourth-order valence-electron chi connectivity index (χ4n) is 2.63. The molecular weight excluding hydrogens is 334 g/mol. The minimum atomic E-state index is -0.710. The number of aromatic amines is 1. The van der Waals surface area contributed by atoms with Crippen molar-refractivity contribution in [1.29, 1.82) is 0 Å². The molecule has 0 spiro atoms. The molecular formula is C19H27N3O4. The Morgan fingerprint density at radius 2 is 2.08 bits per heavy atom. The average molecular weight is 361 g/mol. The minimum absolute atomic E-state index is 0.165. The number of fused-ring (bicyclic) bond motifs is 1. The van der Waals surface area contributed by atoms with Crippen LogP contribution in [0.2, 0.25) is 0 Å². The number of esters is 1. The van der Waals surface area contributed by atoms with Crippen molar-refractivity contribution in [3.63, 3.8) is 0 Å². The summed E-state index contributed by atoms with van der Waals surface area (Å²) >= 11 is 0. The summed E-state index contributed by atoms with van der Waals surface area (Å²) in [5, 5.41) is 13.2. The van der Waals surface area contributed by atoms with Crippen molar-refractivity contribution in [2.45, 2.75) is 51.7 Å². The normalized spacial score (nSPS) is 12.8. The highest BCUT2D eigenvalue weighted by atomic mass is 16.6. The molecule has 0 bridgehead atoms. The molecule has 2 aromatic rings. The molecule has 0 unspecified atom stereocenters. The molecule has 1 aromatic heterocycles. The number of phenolic OH excluding ortho intramolecular Hbond substituents is 1. The zero-order valence-corrected chi connectivity index (χ0v) is 15.5.